The molecular formula is C19H22N2O. The minimum Gasteiger partial charge on any atom is -0.378 e. The van der Waals surface area contributed by atoms with Gasteiger partial charge in [0.05, 0.1) is 6.04 Å². The van der Waals surface area contributed by atoms with Gasteiger partial charge in [0.1, 0.15) is 0 Å². The van der Waals surface area contributed by atoms with E-state index in [1.165, 1.54) is 5.56 Å². The lowest BCUT2D eigenvalue weighted by Gasteiger charge is -2.25. The minimum absolute atomic E-state index is 0.136. The van der Waals surface area contributed by atoms with Crippen LogP contribution in [0.4, 0.5) is 5.69 Å². The van der Waals surface area contributed by atoms with E-state index >= 15 is 0 Å². The maximum Gasteiger partial charge on any atom is 0.254 e. The van der Waals surface area contributed by atoms with Crippen LogP contribution in [0.5, 0.6) is 0 Å². The fraction of sp³-hybridized carbons (Fsp3) is 0.316. The smallest absolute Gasteiger partial charge is 0.254 e. The number of hydrogen-bond donors (Lipinski definition) is 0. The second-order valence-electron chi connectivity index (χ2n) is 6.01. The summed E-state index contributed by atoms with van der Waals surface area (Å²) in [5.74, 6) is 0.136. The molecule has 22 heavy (non-hydrogen) atoms. The van der Waals surface area contributed by atoms with Gasteiger partial charge in [-0.1, -0.05) is 30.3 Å². The van der Waals surface area contributed by atoms with Crippen LogP contribution in [-0.4, -0.2) is 31.4 Å². The molecule has 1 unspecified atom stereocenters. The highest BCUT2D eigenvalue weighted by Gasteiger charge is 2.30. The molecule has 3 nitrogen and oxygen atoms in total. The fourth-order valence-electron chi connectivity index (χ4n) is 3.10. The van der Waals surface area contributed by atoms with Crippen LogP contribution < -0.4 is 4.90 Å². The minimum atomic E-state index is 0.136. The molecule has 0 saturated carbocycles. The maximum absolute atomic E-state index is 12.8. The van der Waals surface area contributed by atoms with E-state index in [0.29, 0.717) is 0 Å². The van der Waals surface area contributed by atoms with Gasteiger partial charge in [-0.15, -0.1) is 0 Å². The van der Waals surface area contributed by atoms with E-state index in [2.05, 4.69) is 12.1 Å². The highest BCUT2D eigenvalue weighted by Crippen LogP contribution is 2.33. The van der Waals surface area contributed by atoms with Crippen LogP contribution in [0.25, 0.3) is 0 Å². The van der Waals surface area contributed by atoms with Crippen LogP contribution in [0.15, 0.2) is 54.6 Å². The highest BCUT2D eigenvalue weighted by molar-refractivity contribution is 5.95. The number of amides is 1. The van der Waals surface area contributed by atoms with Crippen molar-refractivity contribution in [3.63, 3.8) is 0 Å². The molecule has 1 heterocycles. The number of rotatable bonds is 3. The molecule has 1 saturated heterocycles. The molecule has 3 heteroatoms. The van der Waals surface area contributed by atoms with Crippen LogP contribution >= 0.6 is 0 Å². The van der Waals surface area contributed by atoms with E-state index in [4.69, 9.17) is 0 Å². The summed E-state index contributed by atoms with van der Waals surface area (Å²) >= 11 is 0. The van der Waals surface area contributed by atoms with Gasteiger partial charge in [-0.05, 0) is 42.7 Å². The van der Waals surface area contributed by atoms with Gasteiger partial charge < -0.3 is 9.80 Å². The van der Waals surface area contributed by atoms with Crippen molar-refractivity contribution in [1.29, 1.82) is 0 Å². The Morgan fingerprint density at radius 2 is 1.73 bits per heavy atom. The third-order valence-corrected chi connectivity index (χ3v) is 4.33. The number of anilines is 1. The lowest BCUT2D eigenvalue weighted by molar-refractivity contribution is 0.0735. The third kappa shape index (κ3) is 2.84. The van der Waals surface area contributed by atoms with Crippen LogP contribution in [-0.2, 0) is 0 Å². The maximum atomic E-state index is 12.8. The first-order valence-electron chi connectivity index (χ1n) is 7.80. The number of likely N-dealkylation sites (tertiary alicyclic amines) is 1. The number of carbonyl (C=O) groups excluding carboxylic acids is 1. The van der Waals surface area contributed by atoms with Crippen molar-refractivity contribution in [3.05, 3.63) is 65.7 Å². The van der Waals surface area contributed by atoms with Gasteiger partial charge in [0.25, 0.3) is 5.91 Å². The zero-order valence-electron chi connectivity index (χ0n) is 13.2. The fourth-order valence-corrected chi connectivity index (χ4v) is 3.10. The predicted molar refractivity (Wildman–Crippen MR) is 90.2 cm³/mol. The lowest BCUT2D eigenvalue weighted by atomic mass is 10.0. The zero-order valence-corrected chi connectivity index (χ0v) is 13.2. The average molecular weight is 294 g/mol. The van der Waals surface area contributed by atoms with Crippen LogP contribution in [0.3, 0.4) is 0 Å². The molecule has 2 aromatic rings. The third-order valence-electron chi connectivity index (χ3n) is 4.33. The van der Waals surface area contributed by atoms with Crippen molar-refractivity contribution >= 4 is 11.6 Å². The van der Waals surface area contributed by atoms with Crippen molar-refractivity contribution in [1.82, 2.24) is 4.90 Å². The Bertz CT molecular complexity index is 634. The van der Waals surface area contributed by atoms with E-state index in [0.717, 1.165) is 30.6 Å². The summed E-state index contributed by atoms with van der Waals surface area (Å²) in [6.07, 6.45) is 2.12. The van der Waals surface area contributed by atoms with Crippen LogP contribution in [0, 0.1) is 0 Å². The molecule has 1 aliphatic heterocycles. The average Bonchev–Trinajstić information content (AvgIpc) is 3.04. The summed E-state index contributed by atoms with van der Waals surface area (Å²) in [5, 5.41) is 0. The summed E-state index contributed by atoms with van der Waals surface area (Å²) in [4.78, 5) is 16.9. The SMILES string of the molecule is CN(C)c1ccc(C(=O)N2CCCC2c2ccccc2)cc1. The van der Waals surface area contributed by atoms with Gasteiger partial charge in [0.15, 0.2) is 0 Å². The predicted octanol–water partition coefficient (Wildman–Crippen LogP) is 3.73. The molecule has 0 N–H and O–H groups in total. The van der Waals surface area contributed by atoms with E-state index in [-0.39, 0.29) is 11.9 Å². The summed E-state index contributed by atoms with van der Waals surface area (Å²) in [6.45, 7) is 0.841. The molecule has 3 rings (SSSR count). The van der Waals surface area contributed by atoms with Crippen LogP contribution in [0.2, 0.25) is 0 Å². The Labute approximate surface area is 132 Å². The number of benzene rings is 2. The van der Waals surface area contributed by atoms with Crippen molar-refractivity contribution in [2.75, 3.05) is 25.5 Å². The Morgan fingerprint density at radius 3 is 2.36 bits per heavy atom. The molecule has 1 aliphatic rings. The van der Waals surface area contributed by atoms with E-state index < -0.39 is 0 Å². The first-order valence-corrected chi connectivity index (χ1v) is 7.80. The summed E-state index contributed by atoms with van der Waals surface area (Å²) in [6, 6.07) is 18.4. The molecule has 1 fully saturated rings. The first kappa shape index (κ1) is 14.6. The Hall–Kier alpha value is -2.29. The van der Waals surface area contributed by atoms with Crippen molar-refractivity contribution in [2.24, 2.45) is 0 Å². The standard InChI is InChI=1S/C19H22N2O/c1-20(2)17-12-10-16(11-13-17)19(22)21-14-6-9-18(21)15-7-4-3-5-8-15/h3-5,7-8,10-13,18H,6,9,14H2,1-2H3. The van der Waals surface area contributed by atoms with Crippen molar-refractivity contribution in [3.8, 4) is 0 Å². The quantitative estimate of drug-likeness (QED) is 0.861. The number of nitrogens with zero attached hydrogens (tertiary/aromatic N) is 2. The molecule has 0 aromatic heterocycles. The molecule has 0 radical (unpaired) electrons. The van der Waals surface area contributed by atoms with Gasteiger partial charge in [-0.25, -0.2) is 0 Å². The Morgan fingerprint density at radius 1 is 1.05 bits per heavy atom. The zero-order chi connectivity index (χ0) is 15.5. The second-order valence-corrected chi connectivity index (χ2v) is 6.01. The second kappa shape index (κ2) is 6.22. The molecule has 1 amide bonds. The summed E-state index contributed by atoms with van der Waals surface area (Å²) in [5.41, 5.74) is 3.12. The van der Waals surface area contributed by atoms with Gasteiger partial charge in [0, 0.05) is 31.9 Å². The molecule has 0 aliphatic carbocycles. The molecule has 0 spiro atoms. The number of hydrogen-bond acceptors (Lipinski definition) is 2. The molecule has 114 valence electrons. The molecule has 2 aromatic carbocycles. The monoisotopic (exact) mass is 294 g/mol. The van der Waals surface area contributed by atoms with Gasteiger partial charge in [-0.2, -0.15) is 0 Å². The normalized spacial score (nSPS) is 17.5. The van der Waals surface area contributed by atoms with Crippen molar-refractivity contribution < 1.29 is 4.79 Å². The largest absolute Gasteiger partial charge is 0.378 e. The molecular weight excluding hydrogens is 272 g/mol. The topological polar surface area (TPSA) is 23.6 Å². The van der Waals surface area contributed by atoms with Gasteiger partial charge in [-0.3, -0.25) is 4.79 Å². The highest BCUT2D eigenvalue weighted by atomic mass is 16.2. The number of carbonyl (C=O) groups is 1. The van der Waals surface area contributed by atoms with Crippen LogP contribution in [0.1, 0.15) is 34.8 Å². The van der Waals surface area contributed by atoms with E-state index in [9.17, 15) is 4.79 Å². The van der Waals surface area contributed by atoms with Gasteiger partial charge in [0.2, 0.25) is 0 Å². The van der Waals surface area contributed by atoms with E-state index in [1.54, 1.807) is 0 Å². The molecule has 0 bridgehead atoms. The Kier molecular flexibility index (Phi) is 4.14. The first-order chi connectivity index (χ1) is 10.7. The van der Waals surface area contributed by atoms with Gasteiger partial charge >= 0.3 is 0 Å². The summed E-state index contributed by atoms with van der Waals surface area (Å²) in [7, 11) is 4.01. The Balaban J connectivity index is 1.81. The lowest BCUT2D eigenvalue weighted by Crippen LogP contribution is -2.30. The summed E-state index contributed by atoms with van der Waals surface area (Å²) < 4.78 is 0. The molecule has 1 atom stereocenters. The van der Waals surface area contributed by atoms with E-state index in [1.807, 2.05) is 66.4 Å². The van der Waals surface area contributed by atoms with Crippen molar-refractivity contribution in [2.45, 2.75) is 18.9 Å².